The van der Waals surface area contributed by atoms with Gasteiger partial charge in [0.2, 0.25) is 0 Å². The molecular weight excluding hydrogens is 246 g/mol. The minimum atomic E-state index is 0.714. The Hall–Kier alpha value is -0.120. The zero-order valence-electron chi connectivity index (χ0n) is 14.3. The maximum atomic E-state index is 3.78. The highest BCUT2D eigenvalue weighted by Gasteiger charge is 2.24. The van der Waals surface area contributed by atoms with Crippen molar-refractivity contribution in [2.24, 2.45) is 0 Å². The SMILES string of the molecule is CCCCCCC(CC1CN(C)CCN1C)NCCC. The molecule has 1 heterocycles. The lowest BCUT2D eigenvalue weighted by atomic mass is 9.98. The van der Waals surface area contributed by atoms with Gasteiger partial charge in [-0.25, -0.2) is 0 Å². The first-order chi connectivity index (χ1) is 9.67. The molecule has 0 aliphatic carbocycles. The van der Waals surface area contributed by atoms with Gasteiger partial charge in [-0.3, -0.25) is 0 Å². The standard InChI is InChI=1S/C17H37N3/c1-5-7-8-9-10-16(18-11-6-2)14-17-15-19(3)12-13-20(17)4/h16-18H,5-15H2,1-4H3. The molecule has 0 radical (unpaired) electrons. The molecule has 120 valence electrons. The largest absolute Gasteiger partial charge is 0.314 e. The van der Waals surface area contributed by atoms with Gasteiger partial charge in [-0.05, 0) is 39.9 Å². The van der Waals surface area contributed by atoms with Crippen molar-refractivity contribution in [3.05, 3.63) is 0 Å². The molecule has 0 amide bonds. The van der Waals surface area contributed by atoms with E-state index in [0.717, 1.165) is 6.04 Å². The van der Waals surface area contributed by atoms with Crippen molar-refractivity contribution in [3.63, 3.8) is 0 Å². The number of rotatable bonds is 10. The first-order valence-corrected chi connectivity index (χ1v) is 8.79. The molecule has 0 aromatic carbocycles. The summed E-state index contributed by atoms with van der Waals surface area (Å²) in [6.07, 6.45) is 9.44. The van der Waals surface area contributed by atoms with Crippen molar-refractivity contribution in [2.45, 2.75) is 70.9 Å². The summed E-state index contributed by atoms with van der Waals surface area (Å²) in [4.78, 5) is 5.05. The maximum absolute atomic E-state index is 3.78. The van der Waals surface area contributed by atoms with Gasteiger partial charge in [-0.1, -0.05) is 39.5 Å². The van der Waals surface area contributed by atoms with Crippen LogP contribution in [0.1, 0.15) is 58.8 Å². The van der Waals surface area contributed by atoms with Crippen LogP contribution in [0.2, 0.25) is 0 Å². The number of hydrogen-bond acceptors (Lipinski definition) is 3. The molecule has 0 saturated carbocycles. The topological polar surface area (TPSA) is 18.5 Å². The lowest BCUT2D eigenvalue weighted by Gasteiger charge is -2.39. The fourth-order valence-corrected chi connectivity index (χ4v) is 3.15. The summed E-state index contributed by atoms with van der Waals surface area (Å²) >= 11 is 0. The summed E-state index contributed by atoms with van der Waals surface area (Å²) in [5.74, 6) is 0. The predicted octanol–water partition coefficient (Wildman–Crippen LogP) is 2.96. The molecule has 1 saturated heterocycles. The number of nitrogens with zero attached hydrogens (tertiary/aromatic N) is 2. The molecule has 0 aromatic rings. The number of nitrogens with one attached hydrogen (secondary N) is 1. The summed E-state index contributed by atoms with van der Waals surface area (Å²) in [7, 11) is 4.56. The van der Waals surface area contributed by atoms with E-state index in [2.05, 4.69) is 43.1 Å². The molecule has 0 aromatic heterocycles. The van der Waals surface area contributed by atoms with Crippen LogP contribution in [0.15, 0.2) is 0 Å². The summed E-state index contributed by atoms with van der Waals surface area (Å²) in [6.45, 7) is 9.40. The number of hydrogen-bond donors (Lipinski definition) is 1. The second kappa shape index (κ2) is 10.6. The molecule has 3 nitrogen and oxygen atoms in total. The van der Waals surface area contributed by atoms with Crippen molar-refractivity contribution < 1.29 is 0 Å². The van der Waals surface area contributed by atoms with E-state index in [9.17, 15) is 0 Å². The smallest absolute Gasteiger partial charge is 0.0235 e. The van der Waals surface area contributed by atoms with Crippen LogP contribution in [0, 0.1) is 0 Å². The molecule has 20 heavy (non-hydrogen) atoms. The Morgan fingerprint density at radius 2 is 1.85 bits per heavy atom. The van der Waals surface area contributed by atoms with Gasteiger partial charge >= 0.3 is 0 Å². The van der Waals surface area contributed by atoms with E-state index < -0.39 is 0 Å². The molecule has 1 aliphatic heterocycles. The Labute approximate surface area is 127 Å². The summed E-state index contributed by atoms with van der Waals surface area (Å²) in [6, 6.07) is 1.44. The number of likely N-dealkylation sites (N-methyl/N-ethyl adjacent to an activating group) is 2. The summed E-state index contributed by atoms with van der Waals surface area (Å²) in [5.41, 5.74) is 0. The van der Waals surface area contributed by atoms with Gasteiger partial charge in [0.05, 0.1) is 0 Å². The highest BCUT2D eigenvalue weighted by atomic mass is 15.3. The van der Waals surface area contributed by atoms with Gasteiger partial charge < -0.3 is 15.1 Å². The number of unbranched alkanes of at least 4 members (excludes halogenated alkanes) is 3. The Kier molecular flexibility index (Phi) is 9.49. The molecule has 1 rings (SSSR count). The normalized spacial score (nSPS) is 23.1. The molecule has 2 unspecified atom stereocenters. The Morgan fingerprint density at radius 3 is 2.55 bits per heavy atom. The van der Waals surface area contributed by atoms with E-state index in [-0.39, 0.29) is 0 Å². The summed E-state index contributed by atoms with van der Waals surface area (Å²) < 4.78 is 0. The zero-order valence-corrected chi connectivity index (χ0v) is 14.3. The van der Waals surface area contributed by atoms with E-state index in [1.807, 2.05) is 0 Å². The molecule has 1 aliphatic rings. The van der Waals surface area contributed by atoms with Gasteiger partial charge in [-0.2, -0.15) is 0 Å². The van der Waals surface area contributed by atoms with Crippen molar-refractivity contribution in [3.8, 4) is 0 Å². The van der Waals surface area contributed by atoms with Crippen LogP contribution >= 0.6 is 0 Å². The van der Waals surface area contributed by atoms with Gasteiger partial charge in [0.25, 0.3) is 0 Å². The van der Waals surface area contributed by atoms with Crippen LogP contribution in [0.3, 0.4) is 0 Å². The van der Waals surface area contributed by atoms with Crippen molar-refractivity contribution in [1.29, 1.82) is 0 Å². The van der Waals surface area contributed by atoms with Crippen LogP contribution in [0.25, 0.3) is 0 Å². The predicted molar refractivity (Wildman–Crippen MR) is 89.4 cm³/mol. The van der Waals surface area contributed by atoms with Gasteiger partial charge in [0, 0.05) is 31.7 Å². The van der Waals surface area contributed by atoms with Crippen molar-refractivity contribution in [2.75, 3.05) is 40.3 Å². The molecule has 0 spiro atoms. The first kappa shape index (κ1) is 17.9. The Bertz CT molecular complexity index is 232. The maximum Gasteiger partial charge on any atom is 0.0235 e. The second-order valence-electron chi connectivity index (χ2n) is 6.63. The van der Waals surface area contributed by atoms with Crippen molar-refractivity contribution >= 4 is 0 Å². The molecular formula is C17H37N3. The molecule has 3 heteroatoms. The molecule has 2 atom stereocenters. The van der Waals surface area contributed by atoms with E-state index >= 15 is 0 Å². The Balaban J connectivity index is 2.36. The highest BCUT2D eigenvalue weighted by Crippen LogP contribution is 2.16. The van der Waals surface area contributed by atoms with E-state index in [1.165, 1.54) is 71.1 Å². The van der Waals surface area contributed by atoms with Crippen LogP contribution in [-0.2, 0) is 0 Å². The molecule has 1 N–H and O–H groups in total. The zero-order chi connectivity index (χ0) is 14.8. The first-order valence-electron chi connectivity index (χ1n) is 8.79. The van der Waals surface area contributed by atoms with Gasteiger partial charge in [0.15, 0.2) is 0 Å². The number of piperazine rings is 1. The highest BCUT2D eigenvalue weighted by molar-refractivity contribution is 4.83. The fourth-order valence-electron chi connectivity index (χ4n) is 3.15. The van der Waals surface area contributed by atoms with E-state index in [4.69, 9.17) is 0 Å². The van der Waals surface area contributed by atoms with Crippen LogP contribution in [0.4, 0.5) is 0 Å². The Morgan fingerprint density at radius 1 is 1.05 bits per heavy atom. The molecule has 1 fully saturated rings. The lowest BCUT2D eigenvalue weighted by Crippen LogP contribution is -2.52. The quantitative estimate of drug-likeness (QED) is 0.622. The average Bonchev–Trinajstić information content (AvgIpc) is 2.44. The minimum absolute atomic E-state index is 0.714. The second-order valence-corrected chi connectivity index (χ2v) is 6.63. The third-order valence-corrected chi connectivity index (χ3v) is 4.63. The van der Waals surface area contributed by atoms with E-state index in [1.54, 1.807) is 0 Å². The van der Waals surface area contributed by atoms with Crippen LogP contribution in [0.5, 0.6) is 0 Å². The minimum Gasteiger partial charge on any atom is -0.314 e. The third-order valence-electron chi connectivity index (χ3n) is 4.63. The van der Waals surface area contributed by atoms with E-state index in [0.29, 0.717) is 6.04 Å². The average molecular weight is 284 g/mol. The third kappa shape index (κ3) is 7.05. The van der Waals surface area contributed by atoms with Crippen molar-refractivity contribution in [1.82, 2.24) is 15.1 Å². The van der Waals surface area contributed by atoms with Crippen LogP contribution < -0.4 is 5.32 Å². The lowest BCUT2D eigenvalue weighted by molar-refractivity contribution is 0.0998. The molecule has 0 bridgehead atoms. The van der Waals surface area contributed by atoms with Crippen LogP contribution in [-0.4, -0.2) is 62.2 Å². The summed E-state index contributed by atoms with van der Waals surface area (Å²) in [5, 5.41) is 3.78. The van der Waals surface area contributed by atoms with Gasteiger partial charge in [0.1, 0.15) is 0 Å². The monoisotopic (exact) mass is 283 g/mol. The van der Waals surface area contributed by atoms with Gasteiger partial charge in [-0.15, -0.1) is 0 Å². The fraction of sp³-hybridized carbons (Fsp3) is 1.00.